The minimum Gasteiger partial charge on any atom is -0.469 e. The molecule has 152 valence electrons. The summed E-state index contributed by atoms with van der Waals surface area (Å²) in [5.41, 5.74) is 7.72. The van der Waals surface area contributed by atoms with E-state index in [0.29, 0.717) is 30.0 Å². The molecule has 1 amide bonds. The maximum atomic E-state index is 12.0. The van der Waals surface area contributed by atoms with E-state index in [2.05, 4.69) is 20.0 Å². The zero-order valence-electron chi connectivity index (χ0n) is 16.4. The Kier molecular flexibility index (Phi) is 6.06. The van der Waals surface area contributed by atoms with Crippen molar-refractivity contribution >= 4 is 23.5 Å². The van der Waals surface area contributed by atoms with Gasteiger partial charge in [-0.25, -0.2) is 4.98 Å². The van der Waals surface area contributed by atoms with E-state index in [1.165, 1.54) is 7.11 Å². The van der Waals surface area contributed by atoms with Crippen LogP contribution < -0.4 is 16.0 Å². The van der Waals surface area contributed by atoms with E-state index < -0.39 is 0 Å². The Hall–Kier alpha value is -3.49. The molecule has 0 saturated carbocycles. The number of methoxy groups -OCH3 is 1. The summed E-state index contributed by atoms with van der Waals surface area (Å²) in [6, 6.07) is 7.17. The summed E-state index contributed by atoms with van der Waals surface area (Å²) in [7, 11) is 3.20. The number of nitrogens with zero attached hydrogens (tertiary/aromatic N) is 3. The summed E-state index contributed by atoms with van der Waals surface area (Å²) in [5.74, 6) is -0.152. The Morgan fingerprint density at radius 2 is 2.03 bits per heavy atom. The normalized spacial score (nSPS) is 18.2. The van der Waals surface area contributed by atoms with Crippen molar-refractivity contribution in [3.05, 3.63) is 42.2 Å². The molecule has 0 aliphatic carbocycles. The summed E-state index contributed by atoms with van der Waals surface area (Å²) >= 11 is 0. The van der Waals surface area contributed by atoms with Gasteiger partial charge in [0.2, 0.25) is 5.91 Å². The van der Waals surface area contributed by atoms with Crippen molar-refractivity contribution in [3.63, 3.8) is 0 Å². The standard InChI is InChI=1S/C20H24N6O3/c1-26(11-15-7-14(20(28)25-15)8-18(27)29-2)17-10-23-16(9-24-17)12-3-5-13(6-4-12)19(21)22/h3-6,9-10,14-15H,7-8,11H2,1-2H3,(H3,21,22)(H,25,28)/t14-,15-/m0/s1. The monoisotopic (exact) mass is 396 g/mol. The Morgan fingerprint density at radius 3 is 2.62 bits per heavy atom. The van der Waals surface area contributed by atoms with Crippen LogP contribution in [0.25, 0.3) is 11.3 Å². The van der Waals surface area contributed by atoms with Crippen molar-refractivity contribution in [3.8, 4) is 11.3 Å². The number of nitrogens with two attached hydrogens (primary N) is 1. The maximum Gasteiger partial charge on any atom is 0.306 e. The number of carbonyl (C=O) groups is 2. The van der Waals surface area contributed by atoms with Crippen LogP contribution in [0.3, 0.4) is 0 Å². The number of nitrogens with one attached hydrogen (secondary N) is 2. The maximum absolute atomic E-state index is 12.0. The molecule has 1 aliphatic heterocycles. The Labute approximate surface area is 168 Å². The van der Waals surface area contributed by atoms with E-state index in [4.69, 9.17) is 11.1 Å². The molecule has 4 N–H and O–H groups in total. The van der Waals surface area contributed by atoms with Crippen LogP contribution in [0.1, 0.15) is 18.4 Å². The van der Waals surface area contributed by atoms with Gasteiger partial charge in [0.15, 0.2) is 0 Å². The number of amides is 1. The Balaban J connectivity index is 1.60. The van der Waals surface area contributed by atoms with Crippen LogP contribution in [0.2, 0.25) is 0 Å². The van der Waals surface area contributed by atoms with Gasteiger partial charge >= 0.3 is 5.97 Å². The number of likely N-dealkylation sites (N-methyl/N-ethyl adjacent to an activating group) is 1. The molecule has 2 heterocycles. The molecule has 1 aliphatic rings. The summed E-state index contributed by atoms with van der Waals surface area (Å²) in [5, 5.41) is 10.4. The van der Waals surface area contributed by atoms with Crippen LogP contribution in [0.15, 0.2) is 36.7 Å². The first kappa shape index (κ1) is 20.2. The van der Waals surface area contributed by atoms with Crippen molar-refractivity contribution in [2.45, 2.75) is 18.9 Å². The van der Waals surface area contributed by atoms with E-state index in [1.807, 2.05) is 24.1 Å². The van der Waals surface area contributed by atoms with Crippen molar-refractivity contribution < 1.29 is 14.3 Å². The summed E-state index contributed by atoms with van der Waals surface area (Å²) < 4.78 is 4.65. The molecule has 2 aromatic rings. The van der Waals surface area contributed by atoms with Gasteiger partial charge in [0.25, 0.3) is 0 Å². The zero-order valence-corrected chi connectivity index (χ0v) is 16.4. The number of amidine groups is 1. The first-order chi connectivity index (χ1) is 13.9. The quantitative estimate of drug-likeness (QED) is 0.360. The molecular weight excluding hydrogens is 372 g/mol. The van der Waals surface area contributed by atoms with Crippen molar-refractivity contribution in [1.29, 1.82) is 5.41 Å². The molecule has 0 radical (unpaired) electrons. The third kappa shape index (κ3) is 4.87. The second kappa shape index (κ2) is 8.68. The highest BCUT2D eigenvalue weighted by Gasteiger charge is 2.34. The second-order valence-electron chi connectivity index (χ2n) is 7.05. The van der Waals surface area contributed by atoms with Crippen molar-refractivity contribution in [2.75, 3.05) is 25.6 Å². The topological polar surface area (TPSA) is 134 Å². The van der Waals surface area contributed by atoms with E-state index in [0.717, 1.165) is 5.56 Å². The number of hydrogen-bond donors (Lipinski definition) is 3. The number of carbonyl (C=O) groups excluding carboxylic acids is 2. The van der Waals surface area contributed by atoms with Gasteiger partial charge < -0.3 is 20.7 Å². The van der Waals surface area contributed by atoms with Crippen LogP contribution in [-0.4, -0.2) is 54.4 Å². The number of aromatic nitrogens is 2. The molecule has 1 aromatic carbocycles. The molecule has 1 aromatic heterocycles. The minimum absolute atomic E-state index is 0.0208. The van der Waals surface area contributed by atoms with Gasteiger partial charge in [0, 0.05) is 30.8 Å². The first-order valence-corrected chi connectivity index (χ1v) is 9.22. The fourth-order valence-electron chi connectivity index (χ4n) is 3.32. The lowest BCUT2D eigenvalue weighted by Gasteiger charge is -2.22. The third-order valence-electron chi connectivity index (χ3n) is 4.94. The number of benzene rings is 1. The molecule has 0 spiro atoms. The van der Waals surface area contributed by atoms with E-state index in [9.17, 15) is 9.59 Å². The molecule has 9 heteroatoms. The average molecular weight is 396 g/mol. The predicted octanol–water partition coefficient (Wildman–Crippen LogP) is 0.932. The summed E-state index contributed by atoms with van der Waals surface area (Å²) in [4.78, 5) is 34.3. The number of anilines is 1. The van der Waals surface area contributed by atoms with Crippen LogP contribution in [0.5, 0.6) is 0 Å². The number of ether oxygens (including phenoxy) is 1. The van der Waals surface area contributed by atoms with E-state index in [1.54, 1.807) is 24.5 Å². The van der Waals surface area contributed by atoms with Gasteiger partial charge in [0.05, 0.1) is 37.5 Å². The molecule has 0 unspecified atom stereocenters. The highest BCUT2D eigenvalue weighted by atomic mass is 16.5. The predicted molar refractivity (Wildman–Crippen MR) is 108 cm³/mol. The van der Waals surface area contributed by atoms with Gasteiger partial charge in [-0.15, -0.1) is 0 Å². The van der Waals surface area contributed by atoms with Gasteiger partial charge in [-0.3, -0.25) is 20.0 Å². The van der Waals surface area contributed by atoms with Gasteiger partial charge in [-0.05, 0) is 6.42 Å². The average Bonchev–Trinajstić information content (AvgIpc) is 3.06. The molecular formula is C20H24N6O3. The van der Waals surface area contributed by atoms with Crippen molar-refractivity contribution in [2.24, 2.45) is 11.7 Å². The van der Waals surface area contributed by atoms with Gasteiger partial charge in [-0.2, -0.15) is 0 Å². The minimum atomic E-state index is -0.378. The van der Waals surface area contributed by atoms with E-state index in [-0.39, 0.29) is 36.1 Å². The number of nitrogen functional groups attached to an aromatic ring is 1. The zero-order chi connectivity index (χ0) is 21.0. The van der Waals surface area contributed by atoms with Gasteiger partial charge in [0.1, 0.15) is 11.7 Å². The van der Waals surface area contributed by atoms with Crippen LogP contribution in [-0.2, 0) is 14.3 Å². The molecule has 0 bridgehead atoms. The summed E-state index contributed by atoms with van der Waals surface area (Å²) in [6.07, 6.45) is 4.03. The lowest BCUT2D eigenvalue weighted by molar-refractivity contribution is -0.143. The van der Waals surface area contributed by atoms with Gasteiger partial charge in [-0.1, -0.05) is 24.3 Å². The Morgan fingerprint density at radius 1 is 1.31 bits per heavy atom. The lowest BCUT2D eigenvalue weighted by atomic mass is 10.0. The molecule has 9 nitrogen and oxygen atoms in total. The molecule has 1 fully saturated rings. The third-order valence-corrected chi connectivity index (χ3v) is 4.94. The Bertz CT molecular complexity index is 897. The van der Waals surface area contributed by atoms with Crippen LogP contribution >= 0.6 is 0 Å². The SMILES string of the molecule is COC(=O)C[C@@H]1C[C@@H](CN(C)c2cnc(-c3ccc(C(=N)N)cc3)cn2)NC1=O. The number of rotatable bonds is 7. The molecule has 3 rings (SSSR count). The van der Waals surface area contributed by atoms with E-state index >= 15 is 0 Å². The molecule has 29 heavy (non-hydrogen) atoms. The van der Waals surface area contributed by atoms with Crippen molar-refractivity contribution in [1.82, 2.24) is 15.3 Å². The second-order valence-corrected chi connectivity index (χ2v) is 7.05. The molecule has 2 atom stereocenters. The number of esters is 1. The fourth-order valence-corrected chi connectivity index (χ4v) is 3.32. The fraction of sp³-hybridized carbons (Fsp3) is 0.350. The largest absolute Gasteiger partial charge is 0.469 e. The number of hydrogen-bond acceptors (Lipinski definition) is 7. The highest BCUT2D eigenvalue weighted by Crippen LogP contribution is 2.22. The smallest absolute Gasteiger partial charge is 0.306 e. The van der Waals surface area contributed by atoms with Crippen LogP contribution in [0.4, 0.5) is 5.82 Å². The highest BCUT2D eigenvalue weighted by molar-refractivity contribution is 5.95. The summed E-state index contributed by atoms with van der Waals surface area (Å²) in [6.45, 7) is 0.560. The van der Waals surface area contributed by atoms with Crippen LogP contribution in [0, 0.1) is 11.3 Å². The molecule has 1 saturated heterocycles. The lowest BCUT2D eigenvalue weighted by Crippen LogP contribution is -2.37. The first-order valence-electron chi connectivity index (χ1n) is 9.22.